The largest absolute Gasteiger partial charge is 0.497 e. The van der Waals surface area contributed by atoms with Crippen molar-refractivity contribution in [2.24, 2.45) is 4.99 Å². The standard InChI is InChI=1S/C18H22FN3O.HI/c1-3-20-18(22-13-15-6-4-5-7-17(15)19)21-12-14-8-10-16(23-2)11-9-14;/h4-11H,3,12-13H2,1-2H3,(H2,20,21,22);1H. The number of benzene rings is 2. The highest BCUT2D eigenvalue weighted by Crippen LogP contribution is 2.12. The Morgan fingerprint density at radius 3 is 2.42 bits per heavy atom. The summed E-state index contributed by atoms with van der Waals surface area (Å²) < 4.78 is 18.8. The fourth-order valence-electron chi connectivity index (χ4n) is 2.06. The highest BCUT2D eigenvalue weighted by atomic mass is 127. The molecule has 2 aromatic carbocycles. The van der Waals surface area contributed by atoms with E-state index in [1.807, 2.05) is 37.3 Å². The van der Waals surface area contributed by atoms with Crippen LogP contribution in [-0.2, 0) is 13.1 Å². The van der Waals surface area contributed by atoms with Gasteiger partial charge in [0, 0.05) is 18.7 Å². The van der Waals surface area contributed by atoms with Crippen LogP contribution in [0.25, 0.3) is 0 Å². The second-order valence-corrected chi connectivity index (χ2v) is 4.99. The molecule has 0 aliphatic carbocycles. The molecule has 0 spiro atoms. The Morgan fingerprint density at radius 1 is 1.08 bits per heavy atom. The third-order valence-electron chi connectivity index (χ3n) is 3.33. The quantitative estimate of drug-likeness (QED) is 0.407. The lowest BCUT2D eigenvalue weighted by molar-refractivity contribution is 0.414. The van der Waals surface area contributed by atoms with Gasteiger partial charge in [-0.2, -0.15) is 0 Å². The molecule has 0 bridgehead atoms. The average Bonchev–Trinajstić information content (AvgIpc) is 2.59. The summed E-state index contributed by atoms with van der Waals surface area (Å²) in [7, 11) is 1.64. The Bertz CT molecular complexity index is 647. The zero-order valence-electron chi connectivity index (χ0n) is 13.9. The Morgan fingerprint density at radius 2 is 1.79 bits per heavy atom. The second-order valence-electron chi connectivity index (χ2n) is 4.99. The molecule has 0 heterocycles. The van der Waals surface area contributed by atoms with Crippen LogP contribution >= 0.6 is 24.0 Å². The minimum absolute atomic E-state index is 0. The van der Waals surface area contributed by atoms with Crippen molar-refractivity contribution in [3.63, 3.8) is 0 Å². The summed E-state index contributed by atoms with van der Waals surface area (Å²) in [5, 5.41) is 6.30. The molecule has 130 valence electrons. The van der Waals surface area contributed by atoms with Gasteiger partial charge in [-0.3, -0.25) is 0 Å². The number of hydrogen-bond donors (Lipinski definition) is 2. The van der Waals surface area contributed by atoms with Gasteiger partial charge in [-0.15, -0.1) is 24.0 Å². The van der Waals surface area contributed by atoms with Crippen LogP contribution in [0.15, 0.2) is 53.5 Å². The van der Waals surface area contributed by atoms with Gasteiger partial charge in [0.25, 0.3) is 0 Å². The fraction of sp³-hybridized carbons (Fsp3) is 0.278. The van der Waals surface area contributed by atoms with Gasteiger partial charge in [0.1, 0.15) is 11.6 Å². The third-order valence-corrected chi connectivity index (χ3v) is 3.33. The number of nitrogens with one attached hydrogen (secondary N) is 2. The summed E-state index contributed by atoms with van der Waals surface area (Å²) in [4.78, 5) is 4.52. The summed E-state index contributed by atoms with van der Waals surface area (Å²) in [6, 6.07) is 14.5. The number of ether oxygens (including phenoxy) is 1. The number of guanidine groups is 1. The molecule has 24 heavy (non-hydrogen) atoms. The van der Waals surface area contributed by atoms with Crippen LogP contribution < -0.4 is 15.4 Å². The molecule has 0 aromatic heterocycles. The first-order chi connectivity index (χ1) is 11.2. The molecule has 0 aliphatic heterocycles. The minimum atomic E-state index is -0.217. The third kappa shape index (κ3) is 6.35. The molecule has 0 unspecified atom stereocenters. The maximum Gasteiger partial charge on any atom is 0.191 e. The van der Waals surface area contributed by atoms with Crippen molar-refractivity contribution in [1.29, 1.82) is 0 Å². The van der Waals surface area contributed by atoms with Gasteiger partial charge in [-0.1, -0.05) is 30.3 Å². The SMILES string of the molecule is CCNC(=NCc1ccc(OC)cc1)NCc1ccccc1F.I. The van der Waals surface area contributed by atoms with Crippen LogP contribution in [0.2, 0.25) is 0 Å². The van der Waals surface area contributed by atoms with E-state index in [0.717, 1.165) is 17.9 Å². The number of nitrogens with zero attached hydrogens (tertiary/aromatic N) is 1. The lowest BCUT2D eigenvalue weighted by Crippen LogP contribution is -2.37. The van der Waals surface area contributed by atoms with Gasteiger partial charge < -0.3 is 15.4 Å². The molecule has 6 heteroatoms. The van der Waals surface area contributed by atoms with Crippen molar-refractivity contribution in [1.82, 2.24) is 10.6 Å². The topological polar surface area (TPSA) is 45.7 Å². The number of aliphatic imine (C=N–C) groups is 1. The average molecular weight is 443 g/mol. The molecule has 0 fully saturated rings. The highest BCUT2D eigenvalue weighted by molar-refractivity contribution is 14.0. The molecule has 4 nitrogen and oxygen atoms in total. The van der Waals surface area contributed by atoms with Gasteiger partial charge in [0.2, 0.25) is 0 Å². The summed E-state index contributed by atoms with van der Waals surface area (Å²) >= 11 is 0. The van der Waals surface area contributed by atoms with E-state index in [2.05, 4.69) is 15.6 Å². The summed E-state index contributed by atoms with van der Waals surface area (Å²) in [6.45, 7) is 3.66. The van der Waals surface area contributed by atoms with E-state index in [1.54, 1.807) is 19.2 Å². The smallest absolute Gasteiger partial charge is 0.191 e. The molecule has 0 aliphatic rings. The first-order valence-corrected chi connectivity index (χ1v) is 7.61. The molecule has 0 saturated heterocycles. The Labute approximate surface area is 159 Å². The van der Waals surface area contributed by atoms with Crippen LogP contribution in [0.4, 0.5) is 4.39 Å². The maximum absolute atomic E-state index is 13.6. The van der Waals surface area contributed by atoms with Crippen LogP contribution in [0, 0.1) is 5.82 Å². The number of halogens is 2. The molecule has 0 saturated carbocycles. The molecule has 0 radical (unpaired) electrons. The molecule has 0 amide bonds. The molecule has 2 aromatic rings. The predicted molar refractivity (Wildman–Crippen MR) is 106 cm³/mol. The number of methoxy groups -OCH3 is 1. The van der Waals surface area contributed by atoms with E-state index in [9.17, 15) is 4.39 Å². The second kappa shape index (κ2) is 10.9. The first kappa shape index (κ1) is 20.2. The summed E-state index contributed by atoms with van der Waals surface area (Å²) in [6.07, 6.45) is 0. The van der Waals surface area contributed by atoms with Gasteiger partial charge in [-0.25, -0.2) is 9.38 Å². The predicted octanol–water partition coefficient (Wildman–Crippen LogP) is 3.71. The van der Waals surface area contributed by atoms with Crippen molar-refractivity contribution in [2.75, 3.05) is 13.7 Å². The van der Waals surface area contributed by atoms with E-state index in [1.165, 1.54) is 6.07 Å². The zero-order valence-corrected chi connectivity index (χ0v) is 16.2. The monoisotopic (exact) mass is 443 g/mol. The van der Waals surface area contributed by atoms with Crippen molar-refractivity contribution in [2.45, 2.75) is 20.0 Å². The van der Waals surface area contributed by atoms with Gasteiger partial charge >= 0.3 is 0 Å². The van der Waals surface area contributed by atoms with Crippen LogP contribution in [-0.4, -0.2) is 19.6 Å². The van der Waals surface area contributed by atoms with E-state index in [-0.39, 0.29) is 29.8 Å². The van der Waals surface area contributed by atoms with E-state index in [0.29, 0.717) is 24.6 Å². The molecular weight excluding hydrogens is 420 g/mol. The van der Waals surface area contributed by atoms with Crippen molar-refractivity contribution in [3.05, 3.63) is 65.5 Å². The minimum Gasteiger partial charge on any atom is -0.497 e. The van der Waals surface area contributed by atoms with Crippen LogP contribution in [0.3, 0.4) is 0 Å². The Hall–Kier alpha value is -1.83. The molecule has 2 rings (SSSR count). The molecule has 0 atom stereocenters. The lowest BCUT2D eigenvalue weighted by atomic mass is 10.2. The normalized spacial score (nSPS) is 10.7. The molecular formula is C18H23FIN3O. The van der Waals surface area contributed by atoms with Gasteiger partial charge in [0.15, 0.2) is 5.96 Å². The Kier molecular flexibility index (Phi) is 9.14. The van der Waals surface area contributed by atoms with E-state index < -0.39 is 0 Å². The van der Waals surface area contributed by atoms with Crippen molar-refractivity contribution in [3.8, 4) is 5.75 Å². The maximum atomic E-state index is 13.6. The van der Waals surface area contributed by atoms with Gasteiger partial charge in [0.05, 0.1) is 13.7 Å². The zero-order chi connectivity index (χ0) is 16.5. The number of rotatable bonds is 6. The van der Waals surface area contributed by atoms with E-state index >= 15 is 0 Å². The van der Waals surface area contributed by atoms with Crippen molar-refractivity contribution < 1.29 is 9.13 Å². The van der Waals surface area contributed by atoms with Crippen LogP contribution in [0.5, 0.6) is 5.75 Å². The number of hydrogen-bond acceptors (Lipinski definition) is 2. The van der Waals surface area contributed by atoms with Crippen molar-refractivity contribution >= 4 is 29.9 Å². The summed E-state index contributed by atoms with van der Waals surface area (Å²) in [5.41, 5.74) is 1.69. The molecule has 2 N–H and O–H groups in total. The van der Waals surface area contributed by atoms with E-state index in [4.69, 9.17) is 4.74 Å². The lowest BCUT2D eigenvalue weighted by Gasteiger charge is -2.12. The summed E-state index contributed by atoms with van der Waals surface area (Å²) in [5.74, 6) is 1.26. The van der Waals surface area contributed by atoms with Gasteiger partial charge in [-0.05, 0) is 30.7 Å². The van der Waals surface area contributed by atoms with Crippen LogP contribution in [0.1, 0.15) is 18.1 Å². The highest BCUT2D eigenvalue weighted by Gasteiger charge is 2.02. The fourth-order valence-corrected chi connectivity index (χ4v) is 2.06. The Balaban J connectivity index is 0.00000288. The first-order valence-electron chi connectivity index (χ1n) is 7.61.